The molecule has 0 saturated heterocycles. The van der Waals surface area contributed by atoms with Crippen molar-refractivity contribution in [2.24, 2.45) is 5.84 Å². The quantitative estimate of drug-likeness (QED) is 0.603. The van der Waals surface area contributed by atoms with Gasteiger partial charge in [0.15, 0.2) is 0 Å². The average molecular weight is 232 g/mol. The first-order valence-corrected chi connectivity index (χ1v) is 6.14. The maximum atomic E-state index is 5.57. The van der Waals surface area contributed by atoms with Crippen molar-refractivity contribution in [1.82, 2.24) is 5.43 Å². The van der Waals surface area contributed by atoms with Gasteiger partial charge in [0.1, 0.15) is 5.76 Å². The number of benzene rings is 1. The Balaban J connectivity index is 1.89. The van der Waals surface area contributed by atoms with Gasteiger partial charge < -0.3 is 4.74 Å². The Morgan fingerprint density at radius 3 is 2.71 bits per heavy atom. The van der Waals surface area contributed by atoms with Gasteiger partial charge in [-0.15, -0.1) is 0 Å². The second-order valence-corrected chi connectivity index (χ2v) is 4.49. The van der Waals surface area contributed by atoms with Crippen LogP contribution in [0.2, 0.25) is 0 Å². The molecule has 17 heavy (non-hydrogen) atoms. The first-order valence-electron chi connectivity index (χ1n) is 6.14. The Hall–Kier alpha value is -1.32. The van der Waals surface area contributed by atoms with Gasteiger partial charge in [0.25, 0.3) is 0 Å². The molecule has 0 saturated carbocycles. The summed E-state index contributed by atoms with van der Waals surface area (Å²) in [4.78, 5) is 0. The topological polar surface area (TPSA) is 47.3 Å². The Labute approximate surface area is 103 Å². The van der Waals surface area contributed by atoms with Gasteiger partial charge in [-0.3, -0.25) is 5.84 Å². The molecule has 1 aliphatic rings. The SMILES string of the molecule is Cc1ccc(CCC(NN)C2=CCCO2)cc1. The van der Waals surface area contributed by atoms with E-state index in [2.05, 4.69) is 42.7 Å². The number of ether oxygens (including phenoxy) is 1. The molecule has 0 spiro atoms. The highest BCUT2D eigenvalue weighted by atomic mass is 16.5. The van der Waals surface area contributed by atoms with E-state index in [1.54, 1.807) is 0 Å². The van der Waals surface area contributed by atoms with E-state index >= 15 is 0 Å². The van der Waals surface area contributed by atoms with E-state index in [0.29, 0.717) is 0 Å². The molecule has 92 valence electrons. The van der Waals surface area contributed by atoms with Crippen LogP contribution in [0.25, 0.3) is 0 Å². The minimum absolute atomic E-state index is 0.138. The summed E-state index contributed by atoms with van der Waals surface area (Å²) in [6, 6.07) is 8.77. The Bertz CT molecular complexity index is 384. The highest BCUT2D eigenvalue weighted by Gasteiger charge is 2.17. The summed E-state index contributed by atoms with van der Waals surface area (Å²) in [6.07, 6.45) is 5.10. The van der Waals surface area contributed by atoms with Gasteiger partial charge >= 0.3 is 0 Å². The fourth-order valence-corrected chi connectivity index (χ4v) is 2.05. The number of rotatable bonds is 5. The van der Waals surface area contributed by atoms with Crippen LogP contribution >= 0.6 is 0 Å². The molecule has 0 amide bonds. The molecule has 1 aliphatic heterocycles. The van der Waals surface area contributed by atoms with Crippen molar-refractivity contribution in [2.45, 2.75) is 32.2 Å². The molecule has 3 nitrogen and oxygen atoms in total. The summed E-state index contributed by atoms with van der Waals surface area (Å²) < 4.78 is 5.53. The van der Waals surface area contributed by atoms with E-state index in [-0.39, 0.29) is 6.04 Å². The van der Waals surface area contributed by atoms with E-state index in [0.717, 1.165) is 31.6 Å². The van der Waals surface area contributed by atoms with Crippen molar-refractivity contribution in [3.05, 3.63) is 47.2 Å². The van der Waals surface area contributed by atoms with Gasteiger partial charge in [0, 0.05) is 6.42 Å². The average Bonchev–Trinajstić information content (AvgIpc) is 2.86. The summed E-state index contributed by atoms with van der Waals surface area (Å²) in [6.45, 7) is 2.89. The van der Waals surface area contributed by atoms with E-state index in [4.69, 9.17) is 10.6 Å². The monoisotopic (exact) mass is 232 g/mol. The van der Waals surface area contributed by atoms with Gasteiger partial charge in [0.05, 0.1) is 12.6 Å². The fraction of sp³-hybridized carbons (Fsp3) is 0.429. The molecular formula is C14H20N2O. The Kier molecular flexibility index (Phi) is 4.18. The summed E-state index contributed by atoms with van der Waals surface area (Å²) in [5, 5.41) is 0. The molecule has 1 atom stereocenters. The fourth-order valence-electron chi connectivity index (χ4n) is 2.05. The minimum Gasteiger partial charge on any atom is -0.496 e. The molecule has 1 aromatic carbocycles. The zero-order valence-electron chi connectivity index (χ0n) is 10.3. The first-order chi connectivity index (χ1) is 8.29. The van der Waals surface area contributed by atoms with Crippen LogP contribution in [0.3, 0.4) is 0 Å². The summed E-state index contributed by atoms with van der Waals surface area (Å²) in [7, 11) is 0. The minimum atomic E-state index is 0.138. The highest BCUT2D eigenvalue weighted by Crippen LogP contribution is 2.17. The molecule has 0 aliphatic carbocycles. The first kappa shape index (κ1) is 12.1. The van der Waals surface area contributed by atoms with E-state index in [1.807, 2.05) is 0 Å². The van der Waals surface area contributed by atoms with Gasteiger partial charge in [0.2, 0.25) is 0 Å². The molecule has 1 unspecified atom stereocenters. The molecule has 3 N–H and O–H groups in total. The lowest BCUT2D eigenvalue weighted by Crippen LogP contribution is -2.37. The van der Waals surface area contributed by atoms with Crippen LogP contribution in [0.4, 0.5) is 0 Å². The predicted molar refractivity (Wildman–Crippen MR) is 69.3 cm³/mol. The molecule has 1 aromatic rings. The normalized spacial score (nSPS) is 16.5. The Morgan fingerprint density at radius 2 is 2.12 bits per heavy atom. The number of nitrogens with two attached hydrogens (primary N) is 1. The summed E-state index contributed by atoms with van der Waals surface area (Å²) >= 11 is 0. The van der Waals surface area contributed by atoms with Gasteiger partial charge in [-0.2, -0.15) is 0 Å². The van der Waals surface area contributed by atoms with Crippen molar-refractivity contribution in [1.29, 1.82) is 0 Å². The lowest BCUT2D eigenvalue weighted by atomic mass is 10.0. The van der Waals surface area contributed by atoms with Crippen LogP contribution in [-0.2, 0) is 11.2 Å². The molecule has 0 radical (unpaired) electrons. The number of nitrogens with one attached hydrogen (secondary N) is 1. The van der Waals surface area contributed by atoms with Crippen LogP contribution in [-0.4, -0.2) is 12.6 Å². The van der Waals surface area contributed by atoms with Crippen LogP contribution in [0, 0.1) is 6.92 Å². The summed E-state index contributed by atoms with van der Waals surface area (Å²) in [5.74, 6) is 6.57. The third-order valence-electron chi connectivity index (χ3n) is 3.12. The zero-order chi connectivity index (χ0) is 12.1. The predicted octanol–water partition coefficient (Wildman–Crippen LogP) is 2.06. The maximum Gasteiger partial charge on any atom is 0.110 e. The van der Waals surface area contributed by atoms with Crippen LogP contribution in [0.1, 0.15) is 24.0 Å². The largest absolute Gasteiger partial charge is 0.496 e. The van der Waals surface area contributed by atoms with E-state index in [9.17, 15) is 0 Å². The van der Waals surface area contributed by atoms with Crippen LogP contribution < -0.4 is 11.3 Å². The van der Waals surface area contributed by atoms with Gasteiger partial charge in [-0.1, -0.05) is 29.8 Å². The molecule has 3 heteroatoms. The van der Waals surface area contributed by atoms with E-state index in [1.165, 1.54) is 11.1 Å². The smallest absolute Gasteiger partial charge is 0.110 e. The standard InChI is InChI=1S/C14H20N2O/c1-11-4-6-12(7-5-11)8-9-13(16-15)14-3-2-10-17-14/h3-7,13,16H,2,8-10,15H2,1H3. The number of hydrogen-bond donors (Lipinski definition) is 2. The van der Waals surface area contributed by atoms with Crippen molar-refractivity contribution in [3.63, 3.8) is 0 Å². The maximum absolute atomic E-state index is 5.57. The number of hydrazine groups is 1. The number of aryl methyl sites for hydroxylation is 2. The molecular weight excluding hydrogens is 212 g/mol. The van der Waals surface area contributed by atoms with E-state index < -0.39 is 0 Å². The third kappa shape index (κ3) is 3.32. The van der Waals surface area contributed by atoms with Crippen molar-refractivity contribution in [2.75, 3.05) is 6.61 Å². The molecule has 0 aromatic heterocycles. The summed E-state index contributed by atoms with van der Waals surface area (Å²) in [5.41, 5.74) is 5.47. The van der Waals surface area contributed by atoms with Crippen molar-refractivity contribution >= 4 is 0 Å². The lowest BCUT2D eigenvalue weighted by Gasteiger charge is -2.17. The van der Waals surface area contributed by atoms with Crippen molar-refractivity contribution < 1.29 is 4.74 Å². The second-order valence-electron chi connectivity index (χ2n) is 4.49. The lowest BCUT2D eigenvalue weighted by molar-refractivity contribution is 0.212. The van der Waals surface area contributed by atoms with Crippen molar-refractivity contribution in [3.8, 4) is 0 Å². The molecule has 0 bridgehead atoms. The zero-order valence-corrected chi connectivity index (χ0v) is 10.3. The van der Waals surface area contributed by atoms with Crippen LogP contribution in [0.15, 0.2) is 36.1 Å². The van der Waals surface area contributed by atoms with Gasteiger partial charge in [-0.25, -0.2) is 5.43 Å². The second kappa shape index (κ2) is 5.84. The number of hydrogen-bond acceptors (Lipinski definition) is 3. The van der Waals surface area contributed by atoms with Gasteiger partial charge in [-0.05, 0) is 31.4 Å². The third-order valence-corrected chi connectivity index (χ3v) is 3.12. The highest BCUT2D eigenvalue weighted by molar-refractivity contribution is 5.21. The molecule has 1 heterocycles. The van der Waals surface area contributed by atoms with Crippen LogP contribution in [0.5, 0.6) is 0 Å². The molecule has 2 rings (SSSR count). The Morgan fingerprint density at radius 1 is 1.35 bits per heavy atom. The molecule has 0 fully saturated rings.